The number of amides is 3. The zero-order valence-electron chi connectivity index (χ0n) is 13.6. The molecule has 0 aliphatic carbocycles. The third kappa shape index (κ3) is 5.79. The SMILES string of the molecule is CCOC(=O)C1CCCCN1C(=O)NNC(=O)OC(C)(C)C. The molecule has 8 heteroatoms. The van der Waals surface area contributed by atoms with E-state index in [0.29, 0.717) is 13.0 Å². The summed E-state index contributed by atoms with van der Waals surface area (Å²) in [5.74, 6) is -0.422. The average Bonchev–Trinajstić information content (AvgIpc) is 2.43. The fraction of sp³-hybridized carbons (Fsp3) is 0.786. The standard InChI is InChI=1S/C14H25N3O5/c1-5-21-11(18)10-8-6-7-9-17(10)12(19)15-16-13(20)22-14(2,3)4/h10H,5-9H2,1-4H3,(H,15,19)(H,16,20). The van der Waals surface area contributed by atoms with E-state index < -0.39 is 29.7 Å². The molecule has 0 bridgehead atoms. The third-order valence-corrected chi connectivity index (χ3v) is 2.99. The molecule has 3 amide bonds. The number of nitrogens with one attached hydrogen (secondary N) is 2. The third-order valence-electron chi connectivity index (χ3n) is 2.99. The topological polar surface area (TPSA) is 97.0 Å². The molecule has 1 aliphatic rings. The van der Waals surface area contributed by atoms with Gasteiger partial charge in [0.25, 0.3) is 0 Å². The highest BCUT2D eigenvalue weighted by Crippen LogP contribution is 2.18. The number of likely N-dealkylation sites (tertiary alicyclic amines) is 1. The molecule has 0 radical (unpaired) electrons. The van der Waals surface area contributed by atoms with Crippen molar-refractivity contribution in [3.05, 3.63) is 0 Å². The van der Waals surface area contributed by atoms with Crippen LogP contribution in [-0.2, 0) is 14.3 Å². The van der Waals surface area contributed by atoms with Crippen LogP contribution in [0.2, 0.25) is 0 Å². The van der Waals surface area contributed by atoms with Gasteiger partial charge in [-0.2, -0.15) is 0 Å². The smallest absolute Gasteiger partial charge is 0.426 e. The number of urea groups is 1. The number of hydrogen-bond acceptors (Lipinski definition) is 5. The molecule has 1 fully saturated rings. The first-order valence-corrected chi connectivity index (χ1v) is 7.47. The van der Waals surface area contributed by atoms with Crippen molar-refractivity contribution in [3.8, 4) is 0 Å². The summed E-state index contributed by atoms with van der Waals surface area (Å²) < 4.78 is 9.99. The zero-order valence-corrected chi connectivity index (χ0v) is 13.6. The maximum absolute atomic E-state index is 12.1. The number of rotatable bonds is 2. The second-order valence-corrected chi connectivity index (χ2v) is 6.01. The van der Waals surface area contributed by atoms with Crippen LogP contribution in [0.25, 0.3) is 0 Å². The summed E-state index contributed by atoms with van der Waals surface area (Å²) in [6, 6.07) is -1.17. The fourth-order valence-corrected chi connectivity index (χ4v) is 2.14. The molecule has 126 valence electrons. The maximum atomic E-state index is 12.1. The Morgan fingerprint density at radius 1 is 1.18 bits per heavy atom. The average molecular weight is 315 g/mol. The van der Waals surface area contributed by atoms with E-state index >= 15 is 0 Å². The van der Waals surface area contributed by atoms with Crippen molar-refractivity contribution < 1.29 is 23.9 Å². The first-order chi connectivity index (χ1) is 10.2. The normalized spacial score (nSPS) is 18.4. The number of piperidine rings is 1. The van der Waals surface area contributed by atoms with E-state index in [1.54, 1.807) is 27.7 Å². The predicted molar refractivity (Wildman–Crippen MR) is 78.9 cm³/mol. The lowest BCUT2D eigenvalue weighted by Crippen LogP contribution is -2.56. The molecular weight excluding hydrogens is 290 g/mol. The molecule has 1 heterocycles. The quantitative estimate of drug-likeness (QED) is 0.595. The summed E-state index contributed by atoms with van der Waals surface area (Å²) in [6.45, 7) is 7.57. The van der Waals surface area contributed by atoms with Gasteiger partial charge >= 0.3 is 18.1 Å². The molecule has 1 aliphatic heterocycles. The minimum atomic E-state index is -0.759. The van der Waals surface area contributed by atoms with Crippen LogP contribution >= 0.6 is 0 Å². The van der Waals surface area contributed by atoms with Crippen LogP contribution in [0.15, 0.2) is 0 Å². The highest BCUT2D eigenvalue weighted by Gasteiger charge is 2.33. The molecule has 0 aromatic rings. The van der Waals surface area contributed by atoms with E-state index in [4.69, 9.17) is 9.47 Å². The summed E-state index contributed by atoms with van der Waals surface area (Å²) in [5.41, 5.74) is 3.77. The van der Waals surface area contributed by atoms with Gasteiger partial charge < -0.3 is 14.4 Å². The Morgan fingerprint density at radius 3 is 2.45 bits per heavy atom. The lowest BCUT2D eigenvalue weighted by molar-refractivity contribution is -0.149. The van der Waals surface area contributed by atoms with Crippen LogP contribution in [0, 0.1) is 0 Å². The number of esters is 1. The Morgan fingerprint density at radius 2 is 1.86 bits per heavy atom. The number of hydrazine groups is 1. The second kappa shape index (κ2) is 7.86. The van der Waals surface area contributed by atoms with Crippen LogP contribution in [-0.4, -0.2) is 47.8 Å². The Hall–Kier alpha value is -1.99. The number of nitrogens with zero attached hydrogens (tertiary/aromatic N) is 1. The maximum Gasteiger partial charge on any atom is 0.426 e. The fourth-order valence-electron chi connectivity index (χ4n) is 2.14. The summed E-state index contributed by atoms with van der Waals surface area (Å²) in [7, 11) is 0. The van der Waals surface area contributed by atoms with E-state index in [0.717, 1.165) is 12.8 Å². The summed E-state index contributed by atoms with van der Waals surface area (Å²) in [4.78, 5) is 36.9. The van der Waals surface area contributed by atoms with Gasteiger partial charge in [-0.25, -0.2) is 25.2 Å². The molecule has 0 aromatic carbocycles. The van der Waals surface area contributed by atoms with Gasteiger partial charge in [0, 0.05) is 6.54 Å². The summed E-state index contributed by atoms with van der Waals surface area (Å²) in [6.07, 6.45) is 1.45. The number of carbonyl (C=O) groups excluding carboxylic acids is 3. The number of carbonyl (C=O) groups is 3. The van der Waals surface area contributed by atoms with Crippen molar-refractivity contribution in [1.82, 2.24) is 15.8 Å². The van der Waals surface area contributed by atoms with Crippen molar-refractivity contribution in [2.75, 3.05) is 13.2 Å². The number of ether oxygens (including phenoxy) is 2. The van der Waals surface area contributed by atoms with Crippen molar-refractivity contribution in [2.45, 2.75) is 58.6 Å². The molecular formula is C14H25N3O5. The van der Waals surface area contributed by atoms with Gasteiger partial charge in [-0.3, -0.25) is 0 Å². The van der Waals surface area contributed by atoms with Gasteiger partial charge in [0.05, 0.1) is 6.61 Å². The van der Waals surface area contributed by atoms with Crippen molar-refractivity contribution in [3.63, 3.8) is 0 Å². The molecule has 2 N–H and O–H groups in total. The van der Waals surface area contributed by atoms with Crippen LogP contribution < -0.4 is 10.9 Å². The van der Waals surface area contributed by atoms with E-state index in [9.17, 15) is 14.4 Å². The highest BCUT2D eigenvalue weighted by atomic mass is 16.6. The van der Waals surface area contributed by atoms with Gasteiger partial charge in [-0.1, -0.05) is 0 Å². The van der Waals surface area contributed by atoms with Crippen molar-refractivity contribution in [1.29, 1.82) is 0 Å². The molecule has 0 spiro atoms. The molecule has 1 unspecified atom stereocenters. The van der Waals surface area contributed by atoms with E-state index in [1.165, 1.54) is 4.90 Å². The molecule has 1 atom stereocenters. The molecule has 0 saturated carbocycles. The van der Waals surface area contributed by atoms with Crippen molar-refractivity contribution >= 4 is 18.1 Å². The minimum Gasteiger partial charge on any atom is -0.464 e. The monoisotopic (exact) mass is 315 g/mol. The lowest BCUT2D eigenvalue weighted by atomic mass is 10.0. The first-order valence-electron chi connectivity index (χ1n) is 7.47. The van der Waals surface area contributed by atoms with Crippen LogP contribution in [0.3, 0.4) is 0 Å². The highest BCUT2D eigenvalue weighted by molar-refractivity contribution is 5.84. The van der Waals surface area contributed by atoms with Gasteiger partial charge in [-0.05, 0) is 47.0 Å². The van der Waals surface area contributed by atoms with Gasteiger partial charge in [0.15, 0.2) is 0 Å². The molecule has 1 saturated heterocycles. The van der Waals surface area contributed by atoms with Gasteiger partial charge in [-0.15, -0.1) is 0 Å². The van der Waals surface area contributed by atoms with Crippen LogP contribution in [0.1, 0.15) is 47.0 Å². The molecule has 0 aromatic heterocycles. The van der Waals surface area contributed by atoms with E-state index in [1.807, 2.05) is 0 Å². The van der Waals surface area contributed by atoms with E-state index in [-0.39, 0.29) is 6.61 Å². The largest absolute Gasteiger partial charge is 0.464 e. The Kier molecular flexibility index (Phi) is 6.45. The molecule has 8 nitrogen and oxygen atoms in total. The minimum absolute atomic E-state index is 0.265. The lowest BCUT2D eigenvalue weighted by Gasteiger charge is -2.33. The Labute approximate surface area is 130 Å². The number of hydrogen-bond donors (Lipinski definition) is 2. The molecule has 1 rings (SSSR count). The zero-order chi connectivity index (χ0) is 16.8. The van der Waals surface area contributed by atoms with Gasteiger partial charge in [0.2, 0.25) is 0 Å². The summed E-state index contributed by atoms with van der Waals surface area (Å²) in [5, 5.41) is 0. The van der Waals surface area contributed by atoms with Crippen LogP contribution in [0.5, 0.6) is 0 Å². The summed E-state index contributed by atoms with van der Waals surface area (Å²) >= 11 is 0. The Balaban J connectivity index is 2.54. The second-order valence-electron chi connectivity index (χ2n) is 6.01. The first kappa shape index (κ1) is 18.1. The van der Waals surface area contributed by atoms with Gasteiger partial charge in [0.1, 0.15) is 11.6 Å². The molecule has 22 heavy (non-hydrogen) atoms. The Bertz CT molecular complexity index is 419. The van der Waals surface area contributed by atoms with E-state index in [2.05, 4.69) is 10.9 Å². The van der Waals surface area contributed by atoms with Crippen molar-refractivity contribution in [2.24, 2.45) is 0 Å². The predicted octanol–water partition coefficient (Wildman–Crippen LogP) is 1.55. The van der Waals surface area contributed by atoms with Crippen LogP contribution in [0.4, 0.5) is 9.59 Å².